The molecule has 1 aromatic heterocycles. The van der Waals surface area contributed by atoms with E-state index in [4.69, 9.17) is 10.5 Å². The number of anilines is 1. The molecule has 2 aromatic carbocycles. The highest BCUT2D eigenvalue weighted by molar-refractivity contribution is 7.90. The summed E-state index contributed by atoms with van der Waals surface area (Å²) in [6, 6.07) is 10.7. The second-order valence-corrected chi connectivity index (χ2v) is 8.94. The lowest BCUT2D eigenvalue weighted by Crippen LogP contribution is -2.01. The molecular formula is C19H23N3O3S. The number of rotatable bonds is 6. The van der Waals surface area contributed by atoms with Crippen LogP contribution in [0.25, 0.3) is 10.9 Å². The van der Waals surface area contributed by atoms with E-state index < -0.39 is 9.84 Å². The second-order valence-electron chi connectivity index (χ2n) is 6.93. The number of aromatic amines is 1. The summed E-state index contributed by atoms with van der Waals surface area (Å²) >= 11 is 0. The van der Waals surface area contributed by atoms with E-state index in [9.17, 15) is 8.42 Å². The van der Waals surface area contributed by atoms with Gasteiger partial charge in [-0.2, -0.15) is 5.10 Å². The molecule has 6 nitrogen and oxygen atoms in total. The SMILES string of the molecule is CC(C)Cc1cc(OCc2ccc(S(C)(=O)=O)cc2)c2[nH]nc(N)c2c1. The first-order valence-electron chi connectivity index (χ1n) is 8.42. The smallest absolute Gasteiger partial charge is 0.175 e. The highest BCUT2D eigenvalue weighted by Crippen LogP contribution is 2.31. The van der Waals surface area contributed by atoms with E-state index in [1.807, 2.05) is 12.1 Å². The molecule has 0 saturated carbocycles. The first kappa shape index (κ1) is 18.3. The standard InChI is InChI=1S/C19H23N3O3S/c1-12(2)8-14-9-16-18(21-22-19(16)20)17(10-14)25-11-13-4-6-15(7-5-13)26(3,23)24/h4-7,9-10,12H,8,11H2,1-3H3,(H3,20,21,22). The molecule has 3 rings (SSSR count). The zero-order valence-corrected chi connectivity index (χ0v) is 15.9. The van der Waals surface area contributed by atoms with Crippen molar-refractivity contribution in [2.45, 2.75) is 31.8 Å². The molecular weight excluding hydrogens is 350 g/mol. The Labute approximate surface area is 153 Å². The van der Waals surface area contributed by atoms with Gasteiger partial charge < -0.3 is 10.5 Å². The predicted octanol–water partition coefficient (Wildman–Crippen LogP) is 3.33. The van der Waals surface area contributed by atoms with Gasteiger partial charge in [0.1, 0.15) is 17.9 Å². The fourth-order valence-corrected chi connectivity index (χ4v) is 3.49. The number of fused-ring (bicyclic) bond motifs is 1. The monoisotopic (exact) mass is 373 g/mol. The van der Waals surface area contributed by atoms with E-state index in [1.165, 1.54) is 6.26 Å². The molecule has 0 bridgehead atoms. The number of nitrogens with two attached hydrogens (primary N) is 1. The van der Waals surface area contributed by atoms with E-state index in [1.54, 1.807) is 24.3 Å². The van der Waals surface area contributed by atoms with Crippen LogP contribution < -0.4 is 10.5 Å². The predicted molar refractivity (Wildman–Crippen MR) is 103 cm³/mol. The fourth-order valence-electron chi connectivity index (χ4n) is 2.86. The van der Waals surface area contributed by atoms with Gasteiger partial charge in [-0.05, 0) is 47.7 Å². The third-order valence-corrected chi connectivity index (χ3v) is 5.24. The van der Waals surface area contributed by atoms with Gasteiger partial charge >= 0.3 is 0 Å². The Balaban J connectivity index is 1.86. The van der Waals surface area contributed by atoms with Gasteiger partial charge in [0.15, 0.2) is 15.7 Å². The van der Waals surface area contributed by atoms with Gasteiger partial charge in [0.25, 0.3) is 0 Å². The number of H-pyrrole nitrogens is 1. The molecule has 0 aliphatic rings. The topological polar surface area (TPSA) is 98.1 Å². The molecule has 0 spiro atoms. The minimum absolute atomic E-state index is 0.295. The van der Waals surface area contributed by atoms with Crippen LogP contribution in [0, 0.1) is 5.92 Å². The Kier molecular flexibility index (Phi) is 4.91. The largest absolute Gasteiger partial charge is 0.487 e. The van der Waals surface area contributed by atoms with E-state index >= 15 is 0 Å². The van der Waals surface area contributed by atoms with Crippen LogP contribution in [-0.2, 0) is 22.9 Å². The summed E-state index contributed by atoms with van der Waals surface area (Å²) < 4.78 is 29.1. The van der Waals surface area contributed by atoms with Crippen LogP contribution in [-0.4, -0.2) is 24.9 Å². The second kappa shape index (κ2) is 6.99. The van der Waals surface area contributed by atoms with E-state index in [-0.39, 0.29) is 0 Å². The van der Waals surface area contributed by atoms with Crippen molar-refractivity contribution in [1.82, 2.24) is 10.2 Å². The van der Waals surface area contributed by atoms with Crippen molar-refractivity contribution >= 4 is 26.6 Å². The van der Waals surface area contributed by atoms with E-state index in [0.29, 0.717) is 29.0 Å². The number of nitrogens with zero attached hydrogens (tertiary/aromatic N) is 1. The highest BCUT2D eigenvalue weighted by Gasteiger charge is 2.12. The van der Waals surface area contributed by atoms with Gasteiger partial charge in [-0.15, -0.1) is 0 Å². The summed E-state index contributed by atoms with van der Waals surface area (Å²) in [5, 5.41) is 7.85. The number of nitrogen functional groups attached to an aromatic ring is 1. The Morgan fingerprint density at radius 3 is 2.46 bits per heavy atom. The Morgan fingerprint density at radius 1 is 1.15 bits per heavy atom. The number of ether oxygens (including phenoxy) is 1. The quantitative estimate of drug-likeness (QED) is 0.691. The maximum Gasteiger partial charge on any atom is 0.175 e. The Morgan fingerprint density at radius 2 is 1.85 bits per heavy atom. The highest BCUT2D eigenvalue weighted by atomic mass is 32.2. The lowest BCUT2D eigenvalue weighted by molar-refractivity contribution is 0.309. The summed E-state index contributed by atoms with van der Waals surface area (Å²) in [4.78, 5) is 0.295. The van der Waals surface area contributed by atoms with Crippen molar-refractivity contribution in [3.8, 4) is 5.75 Å². The van der Waals surface area contributed by atoms with Crippen molar-refractivity contribution in [1.29, 1.82) is 0 Å². The van der Waals surface area contributed by atoms with Crippen molar-refractivity contribution < 1.29 is 13.2 Å². The van der Waals surface area contributed by atoms with Gasteiger partial charge in [0.2, 0.25) is 0 Å². The van der Waals surface area contributed by atoms with Gasteiger partial charge in [-0.1, -0.05) is 26.0 Å². The molecule has 138 valence electrons. The lowest BCUT2D eigenvalue weighted by atomic mass is 10.0. The molecule has 3 aromatic rings. The zero-order valence-electron chi connectivity index (χ0n) is 15.1. The summed E-state index contributed by atoms with van der Waals surface area (Å²) in [7, 11) is -3.20. The number of hydrogen-bond donors (Lipinski definition) is 2. The van der Waals surface area contributed by atoms with Crippen molar-refractivity contribution in [3.63, 3.8) is 0 Å². The minimum Gasteiger partial charge on any atom is -0.487 e. The summed E-state index contributed by atoms with van der Waals surface area (Å²) in [5.74, 6) is 1.65. The Hall–Kier alpha value is -2.54. The first-order chi connectivity index (χ1) is 12.2. The summed E-state index contributed by atoms with van der Waals surface area (Å²) in [6.07, 6.45) is 2.11. The molecule has 0 radical (unpaired) electrons. The molecule has 0 unspecified atom stereocenters. The number of aromatic nitrogens is 2. The fraction of sp³-hybridized carbons (Fsp3) is 0.316. The van der Waals surface area contributed by atoms with Gasteiger partial charge in [-0.3, -0.25) is 5.10 Å². The van der Waals surface area contributed by atoms with Crippen LogP contribution in [0.15, 0.2) is 41.3 Å². The number of hydrogen-bond acceptors (Lipinski definition) is 5. The molecule has 26 heavy (non-hydrogen) atoms. The third kappa shape index (κ3) is 3.99. The van der Waals surface area contributed by atoms with Crippen LogP contribution in [0.1, 0.15) is 25.0 Å². The van der Waals surface area contributed by atoms with Crippen LogP contribution in [0.2, 0.25) is 0 Å². The first-order valence-corrected chi connectivity index (χ1v) is 10.3. The molecule has 1 heterocycles. The molecule has 0 fully saturated rings. The van der Waals surface area contributed by atoms with Crippen LogP contribution in [0.4, 0.5) is 5.82 Å². The normalized spacial score (nSPS) is 12.0. The number of sulfone groups is 1. The molecule has 7 heteroatoms. The van der Waals surface area contributed by atoms with E-state index in [2.05, 4.69) is 24.0 Å². The van der Waals surface area contributed by atoms with Gasteiger partial charge in [-0.25, -0.2) is 8.42 Å². The number of nitrogens with one attached hydrogen (secondary N) is 1. The van der Waals surface area contributed by atoms with E-state index in [0.717, 1.165) is 28.5 Å². The molecule has 0 aliphatic carbocycles. The zero-order chi connectivity index (χ0) is 18.9. The minimum atomic E-state index is -3.20. The average Bonchev–Trinajstić information content (AvgIpc) is 2.93. The number of benzene rings is 2. The molecule has 0 aliphatic heterocycles. The average molecular weight is 373 g/mol. The Bertz CT molecular complexity index is 1020. The van der Waals surface area contributed by atoms with Crippen LogP contribution in [0.5, 0.6) is 5.75 Å². The molecule has 0 amide bonds. The lowest BCUT2D eigenvalue weighted by Gasteiger charge is -2.11. The molecule has 0 atom stereocenters. The molecule has 0 saturated heterocycles. The maximum atomic E-state index is 11.5. The van der Waals surface area contributed by atoms with Crippen molar-refractivity contribution in [3.05, 3.63) is 47.5 Å². The summed E-state index contributed by atoms with van der Waals surface area (Å²) in [5.41, 5.74) is 8.74. The molecule has 3 N–H and O–H groups in total. The van der Waals surface area contributed by atoms with Gasteiger partial charge in [0.05, 0.1) is 4.90 Å². The van der Waals surface area contributed by atoms with Gasteiger partial charge in [0, 0.05) is 11.6 Å². The maximum absolute atomic E-state index is 11.5. The third-order valence-electron chi connectivity index (χ3n) is 4.12. The van der Waals surface area contributed by atoms with Crippen LogP contribution in [0.3, 0.4) is 0 Å². The van der Waals surface area contributed by atoms with Crippen LogP contribution >= 0.6 is 0 Å². The van der Waals surface area contributed by atoms with Crippen molar-refractivity contribution in [2.75, 3.05) is 12.0 Å². The summed E-state index contributed by atoms with van der Waals surface area (Å²) in [6.45, 7) is 4.64. The van der Waals surface area contributed by atoms with Crippen molar-refractivity contribution in [2.24, 2.45) is 5.92 Å².